The van der Waals surface area contributed by atoms with E-state index in [2.05, 4.69) is 10.6 Å². The minimum absolute atomic E-state index is 0. The molecule has 19 heavy (non-hydrogen) atoms. The number of carbonyl (C=O) groups is 1. The Labute approximate surface area is 124 Å². The third-order valence-electron chi connectivity index (χ3n) is 3.98. The molecule has 1 saturated carbocycles. The Morgan fingerprint density at radius 1 is 1.42 bits per heavy atom. The van der Waals surface area contributed by atoms with Crippen molar-refractivity contribution < 1.29 is 4.79 Å². The molecule has 0 bridgehead atoms. The van der Waals surface area contributed by atoms with Crippen molar-refractivity contribution in [1.29, 1.82) is 0 Å². The van der Waals surface area contributed by atoms with E-state index in [9.17, 15) is 4.79 Å². The van der Waals surface area contributed by atoms with Gasteiger partial charge in [-0.2, -0.15) is 0 Å². The fourth-order valence-electron chi connectivity index (χ4n) is 2.46. The van der Waals surface area contributed by atoms with Gasteiger partial charge in [0.2, 0.25) is 5.91 Å². The summed E-state index contributed by atoms with van der Waals surface area (Å²) in [6, 6.07) is 7.68. The van der Waals surface area contributed by atoms with Crippen LogP contribution in [0.1, 0.15) is 18.4 Å². The molecule has 0 atom stereocenters. The fraction of sp³-hybridized carbons (Fsp3) is 0.500. The van der Waals surface area contributed by atoms with Crippen LogP contribution in [0.3, 0.4) is 0 Å². The van der Waals surface area contributed by atoms with Crippen molar-refractivity contribution in [2.45, 2.75) is 18.3 Å². The summed E-state index contributed by atoms with van der Waals surface area (Å²) in [5.41, 5.74) is 0.751. The quantitative estimate of drug-likeness (QED) is 0.894. The van der Waals surface area contributed by atoms with E-state index in [1.54, 1.807) is 0 Å². The van der Waals surface area contributed by atoms with E-state index < -0.39 is 0 Å². The van der Waals surface area contributed by atoms with Crippen LogP contribution in [-0.2, 0) is 10.2 Å². The van der Waals surface area contributed by atoms with Crippen molar-refractivity contribution in [2.24, 2.45) is 5.92 Å². The van der Waals surface area contributed by atoms with Gasteiger partial charge in [0.15, 0.2) is 0 Å². The van der Waals surface area contributed by atoms with Gasteiger partial charge in [0.1, 0.15) is 0 Å². The third-order valence-corrected chi connectivity index (χ3v) is 4.21. The molecule has 1 aliphatic heterocycles. The van der Waals surface area contributed by atoms with Gasteiger partial charge in [0.05, 0.1) is 5.41 Å². The van der Waals surface area contributed by atoms with Crippen LogP contribution in [0.15, 0.2) is 24.3 Å². The molecule has 1 saturated heterocycles. The smallest absolute Gasteiger partial charge is 0.230 e. The van der Waals surface area contributed by atoms with Crippen LogP contribution < -0.4 is 10.6 Å². The van der Waals surface area contributed by atoms with Gasteiger partial charge < -0.3 is 10.6 Å². The number of amides is 1. The molecule has 104 valence electrons. The number of hydrogen-bond acceptors (Lipinski definition) is 2. The first-order chi connectivity index (χ1) is 8.71. The van der Waals surface area contributed by atoms with Crippen LogP contribution in [0.2, 0.25) is 5.02 Å². The molecule has 5 heteroatoms. The van der Waals surface area contributed by atoms with E-state index in [0.29, 0.717) is 10.9 Å². The summed E-state index contributed by atoms with van der Waals surface area (Å²) in [4.78, 5) is 12.3. The number of rotatable bonds is 4. The van der Waals surface area contributed by atoms with Crippen molar-refractivity contribution in [2.75, 3.05) is 19.6 Å². The van der Waals surface area contributed by atoms with Crippen LogP contribution in [0.4, 0.5) is 0 Å². The van der Waals surface area contributed by atoms with Crippen molar-refractivity contribution in [3.63, 3.8) is 0 Å². The lowest BCUT2D eigenvalue weighted by molar-refractivity contribution is -0.123. The molecule has 1 heterocycles. The van der Waals surface area contributed by atoms with E-state index in [1.807, 2.05) is 24.3 Å². The Morgan fingerprint density at radius 2 is 2.16 bits per heavy atom. The maximum Gasteiger partial charge on any atom is 0.230 e. The van der Waals surface area contributed by atoms with Crippen molar-refractivity contribution in [3.8, 4) is 0 Å². The van der Waals surface area contributed by atoms with Crippen LogP contribution in [0.5, 0.6) is 0 Å². The lowest BCUT2D eigenvalue weighted by Crippen LogP contribution is -2.49. The van der Waals surface area contributed by atoms with E-state index in [-0.39, 0.29) is 23.7 Å². The third kappa shape index (κ3) is 2.88. The zero-order chi connectivity index (χ0) is 12.6. The normalized spacial score (nSPS) is 20.1. The molecule has 1 aliphatic carbocycles. The first-order valence-electron chi connectivity index (χ1n) is 6.46. The highest BCUT2D eigenvalue weighted by atomic mass is 35.5. The number of nitrogens with one attached hydrogen (secondary N) is 2. The predicted octanol–water partition coefficient (Wildman–Crippen LogP) is 2.13. The molecule has 0 aromatic heterocycles. The second-order valence-electron chi connectivity index (χ2n) is 5.33. The van der Waals surface area contributed by atoms with Gasteiger partial charge in [-0.05, 0) is 30.5 Å². The van der Waals surface area contributed by atoms with Gasteiger partial charge in [-0.3, -0.25) is 4.79 Å². The molecule has 0 radical (unpaired) electrons. The molecule has 0 spiro atoms. The average molecular weight is 301 g/mol. The maximum atomic E-state index is 12.3. The van der Waals surface area contributed by atoms with Gasteiger partial charge in [0.25, 0.3) is 0 Å². The fourth-order valence-corrected chi connectivity index (χ4v) is 2.65. The zero-order valence-electron chi connectivity index (χ0n) is 10.6. The molecule has 1 aromatic carbocycles. The first-order valence-corrected chi connectivity index (χ1v) is 6.83. The molecule has 3 rings (SSSR count). The highest BCUT2D eigenvalue weighted by molar-refractivity contribution is 6.30. The molecule has 2 fully saturated rings. The second-order valence-corrected chi connectivity index (χ2v) is 5.76. The number of hydrogen-bond donors (Lipinski definition) is 2. The Bertz CT molecular complexity index is 470. The number of carbonyl (C=O) groups excluding carboxylic acids is 1. The van der Waals surface area contributed by atoms with Crippen LogP contribution >= 0.6 is 24.0 Å². The van der Waals surface area contributed by atoms with Gasteiger partial charge in [-0.25, -0.2) is 0 Å². The summed E-state index contributed by atoms with van der Waals surface area (Å²) in [5, 5.41) is 7.00. The van der Waals surface area contributed by atoms with Crippen LogP contribution in [-0.4, -0.2) is 25.5 Å². The second kappa shape index (κ2) is 5.70. The Balaban J connectivity index is 0.00000133. The van der Waals surface area contributed by atoms with E-state index >= 15 is 0 Å². The lowest BCUT2D eigenvalue weighted by Gasteiger charge is -2.28. The molecule has 2 aliphatic rings. The summed E-state index contributed by atoms with van der Waals surface area (Å²) < 4.78 is 0. The van der Waals surface area contributed by atoms with E-state index in [0.717, 1.165) is 38.0 Å². The summed E-state index contributed by atoms with van der Waals surface area (Å²) in [6.45, 7) is 2.82. The highest BCUT2D eigenvalue weighted by Gasteiger charge is 2.51. The number of benzene rings is 1. The maximum absolute atomic E-state index is 12.3. The Kier molecular flexibility index (Phi) is 4.39. The summed E-state index contributed by atoms with van der Waals surface area (Å²) in [7, 11) is 0. The van der Waals surface area contributed by atoms with E-state index in [4.69, 9.17) is 11.6 Å². The highest BCUT2D eigenvalue weighted by Crippen LogP contribution is 2.48. The summed E-state index contributed by atoms with van der Waals surface area (Å²) in [5.74, 6) is 0.765. The monoisotopic (exact) mass is 300 g/mol. The molecule has 1 aromatic rings. The summed E-state index contributed by atoms with van der Waals surface area (Å²) in [6.07, 6.45) is 1.87. The topological polar surface area (TPSA) is 41.1 Å². The average Bonchev–Trinajstić information content (AvgIpc) is 3.08. The summed E-state index contributed by atoms with van der Waals surface area (Å²) >= 11 is 6.00. The minimum Gasteiger partial charge on any atom is -0.355 e. The van der Waals surface area contributed by atoms with Crippen molar-refractivity contribution in [1.82, 2.24) is 10.6 Å². The molecular weight excluding hydrogens is 283 g/mol. The molecule has 1 amide bonds. The predicted molar refractivity (Wildman–Crippen MR) is 79.0 cm³/mol. The number of halogens is 2. The first kappa shape index (κ1) is 14.6. The van der Waals surface area contributed by atoms with Crippen molar-refractivity contribution in [3.05, 3.63) is 34.9 Å². The van der Waals surface area contributed by atoms with Crippen LogP contribution in [0, 0.1) is 5.92 Å². The molecule has 0 unspecified atom stereocenters. The minimum atomic E-state index is -0.303. The SMILES string of the molecule is Cl.O=C(NCC1CNC1)C1(c2cccc(Cl)c2)CC1. The van der Waals surface area contributed by atoms with E-state index in [1.165, 1.54) is 0 Å². The van der Waals surface area contributed by atoms with Gasteiger partial charge in [0, 0.05) is 30.6 Å². The Hall–Kier alpha value is -0.770. The molecule has 2 N–H and O–H groups in total. The standard InChI is InChI=1S/C14H17ClN2O.ClH/c15-12-3-1-2-11(6-12)14(4-5-14)13(18)17-9-10-7-16-8-10;/h1-3,6,10,16H,4-5,7-9H2,(H,17,18);1H. The largest absolute Gasteiger partial charge is 0.355 e. The van der Waals surface area contributed by atoms with Crippen molar-refractivity contribution >= 4 is 29.9 Å². The Morgan fingerprint density at radius 3 is 2.68 bits per heavy atom. The lowest BCUT2D eigenvalue weighted by atomic mass is 9.94. The van der Waals surface area contributed by atoms with Gasteiger partial charge >= 0.3 is 0 Å². The molecule has 3 nitrogen and oxygen atoms in total. The van der Waals surface area contributed by atoms with Gasteiger partial charge in [-0.15, -0.1) is 12.4 Å². The van der Waals surface area contributed by atoms with Crippen LogP contribution in [0.25, 0.3) is 0 Å². The zero-order valence-corrected chi connectivity index (χ0v) is 12.2. The molecular formula is C14H18Cl2N2O. The van der Waals surface area contributed by atoms with Gasteiger partial charge in [-0.1, -0.05) is 23.7 Å².